The number of amides is 1. The highest BCUT2D eigenvalue weighted by Gasteiger charge is 2.52. The van der Waals surface area contributed by atoms with Gasteiger partial charge in [-0.1, -0.05) is 23.7 Å². The van der Waals surface area contributed by atoms with E-state index >= 15 is 0 Å². The van der Waals surface area contributed by atoms with Crippen molar-refractivity contribution in [3.8, 4) is 0 Å². The number of carbonyl (C=O) groups is 1. The molecule has 150 valence electrons. The van der Waals surface area contributed by atoms with Crippen molar-refractivity contribution >= 4 is 30.3 Å². The molecule has 1 aromatic rings. The molecule has 5 nitrogen and oxygen atoms in total. The summed E-state index contributed by atoms with van der Waals surface area (Å²) < 4.78 is 32.0. The van der Waals surface area contributed by atoms with Gasteiger partial charge in [0.2, 0.25) is 0 Å². The number of hydrogen-bond donors (Lipinski definition) is 1. The van der Waals surface area contributed by atoms with Gasteiger partial charge in [-0.2, -0.15) is 0 Å². The molecule has 1 N–H and O–H groups in total. The third-order valence-corrected chi connectivity index (χ3v) is 5.23. The van der Waals surface area contributed by atoms with Gasteiger partial charge < -0.3 is 19.4 Å². The Labute approximate surface area is 166 Å². The number of alkyl carbamates (subject to hydrolysis) is 1. The van der Waals surface area contributed by atoms with Crippen molar-refractivity contribution in [2.24, 2.45) is 0 Å². The number of ether oxygens (including phenoxy) is 1. The van der Waals surface area contributed by atoms with Crippen LogP contribution in [0.25, 0.3) is 0 Å². The molecule has 0 bridgehead atoms. The van der Waals surface area contributed by atoms with Gasteiger partial charge in [0.25, 0.3) is 0 Å². The first-order valence-corrected chi connectivity index (χ1v) is 9.35. The molecule has 0 unspecified atom stereocenters. The maximum Gasteiger partial charge on any atom is 0.497 e. The Kier molecular flexibility index (Phi) is 5.91. The Hall–Kier alpha value is -1.31. The van der Waals surface area contributed by atoms with E-state index in [0.717, 1.165) is 0 Å². The van der Waals surface area contributed by atoms with E-state index in [0.29, 0.717) is 5.56 Å². The zero-order valence-corrected chi connectivity index (χ0v) is 18.0. The van der Waals surface area contributed by atoms with Crippen LogP contribution in [-0.4, -0.2) is 30.0 Å². The Morgan fingerprint density at radius 2 is 1.74 bits per heavy atom. The zero-order chi connectivity index (χ0) is 20.8. The van der Waals surface area contributed by atoms with Gasteiger partial charge in [0.05, 0.1) is 22.3 Å². The number of benzene rings is 1. The van der Waals surface area contributed by atoms with E-state index in [4.69, 9.17) is 25.6 Å². The first kappa shape index (κ1) is 22.0. The van der Waals surface area contributed by atoms with E-state index in [1.807, 2.05) is 27.7 Å². The highest BCUT2D eigenvalue weighted by molar-refractivity contribution is 6.62. The minimum Gasteiger partial charge on any atom is -0.444 e. The first-order valence-electron chi connectivity index (χ1n) is 8.97. The van der Waals surface area contributed by atoms with Crippen molar-refractivity contribution in [2.75, 3.05) is 0 Å². The number of halogens is 2. The third kappa shape index (κ3) is 4.76. The van der Waals surface area contributed by atoms with Crippen molar-refractivity contribution in [3.63, 3.8) is 0 Å². The monoisotopic (exact) mass is 399 g/mol. The van der Waals surface area contributed by atoms with Crippen LogP contribution in [0, 0.1) is 5.82 Å². The molecule has 8 heteroatoms. The fraction of sp³-hybridized carbons (Fsp3) is 0.632. The lowest BCUT2D eigenvalue weighted by Gasteiger charge is -2.32. The van der Waals surface area contributed by atoms with E-state index in [-0.39, 0.29) is 10.5 Å². The minimum atomic E-state index is -0.851. The molecule has 1 aliphatic heterocycles. The summed E-state index contributed by atoms with van der Waals surface area (Å²) >= 11 is 6.25. The lowest BCUT2D eigenvalue weighted by molar-refractivity contribution is 0.00578. The summed E-state index contributed by atoms with van der Waals surface area (Å²) in [6.07, 6.45) is -0.596. The summed E-state index contributed by atoms with van der Waals surface area (Å²) in [4.78, 5) is 11.9. The van der Waals surface area contributed by atoms with Crippen molar-refractivity contribution < 1.29 is 23.2 Å². The maximum atomic E-state index is 15.0. The van der Waals surface area contributed by atoms with Crippen molar-refractivity contribution in [1.29, 1.82) is 0 Å². The Morgan fingerprint density at radius 3 is 2.22 bits per heavy atom. The second-order valence-electron chi connectivity index (χ2n) is 8.83. The third-order valence-electron chi connectivity index (χ3n) is 4.85. The van der Waals surface area contributed by atoms with Crippen molar-refractivity contribution in [1.82, 2.24) is 5.32 Å². The van der Waals surface area contributed by atoms with Gasteiger partial charge in [0.15, 0.2) is 0 Å². The number of carbonyl (C=O) groups excluding carboxylic acids is 1. The highest BCUT2D eigenvalue weighted by atomic mass is 35.5. The Bertz CT molecular complexity index is 717. The highest BCUT2D eigenvalue weighted by Crippen LogP contribution is 2.37. The molecule has 1 saturated heterocycles. The molecule has 2 rings (SSSR count). The molecule has 27 heavy (non-hydrogen) atoms. The average Bonchev–Trinajstić information content (AvgIpc) is 2.67. The molecular weight excluding hydrogens is 371 g/mol. The largest absolute Gasteiger partial charge is 0.497 e. The summed E-state index contributed by atoms with van der Waals surface area (Å²) in [5.41, 5.74) is -1.12. The fourth-order valence-corrected chi connectivity index (χ4v) is 2.96. The lowest BCUT2D eigenvalue weighted by atomic mass is 9.78. The Morgan fingerprint density at radius 1 is 1.22 bits per heavy atom. The fourth-order valence-electron chi connectivity index (χ4n) is 2.63. The molecule has 1 aliphatic rings. The van der Waals surface area contributed by atoms with E-state index in [2.05, 4.69) is 5.32 Å². The second-order valence-corrected chi connectivity index (χ2v) is 9.21. The van der Waals surface area contributed by atoms with Crippen molar-refractivity contribution in [2.45, 2.75) is 78.2 Å². The van der Waals surface area contributed by atoms with Crippen LogP contribution in [0.4, 0.5) is 9.18 Å². The van der Waals surface area contributed by atoms with Gasteiger partial charge in [-0.15, -0.1) is 0 Å². The van der Waals surface area contributed by atoms with E-state index in [9.17, 15) is 9.18 Å². The maximum absolute atomic E-state index is 15.0. The van der Waals surface area contributed by atoms with Crippen LogP contribution in [-0.2, 0) is 14.0 Å². The SMILES string of the molecule is C[C@@H](NC(=O)OC(C)(C)C)c1ccc(B2OC(C)(C)C(C)(C)O2)c(F)c1Cl. The standard InChI is InChI=1S/C19H28BClFNO4/c1-11(23-16(24)25-17(2,3)4)12-9-10-13(15(22)14(12)21)20-26-18(5,6)19(7,8)27-20/h9-11H,1-8H3,(H,23,24)/t11-/m1/s1. The Balaban J connectivity index is 2.21. The van der Waals surface area contributed by atoms with Crippen LogP contribution in [0.3, 0.4) is 0 Å². The number of rotatable bonds is 3. The van der Waals surface area contributed by atoms with Crippen LogP contribution in [0.15, 0.2) is 12.1 Å². The van der Waals surface area contributed by atoms with Gasteiger partial charge in [-0.3, -0.25) is 0 Å². The van der Waals surface area contributed by atoms with Gasteiger partial charge in [-0.05, 0) is 61.0 Å². The van der Waals surface area contributed by atoms with Gasteiger partial charge in [-0.25, -0.2) is 9.18 Å². The van der Waals surface area contributed by atoms with Crippen LogP contribution in [0.2, 0.25) is 5.02 Å². The molecule has 0 saturated carbocycles. The van der Waals surface area contributed by atoms with Gasteiger partial charge in [0.1, 0.15) is 11.4 Å². The molecule has 1 fully saturated rings. The van der Waals surface area contributed by atoms with Gasteiger partial charge in [0, 0.05) is 5.46 Å². The number of nitrogens with one attached hydrogen (secondary N) is 1. The topological polar surface area (TPSA) is 56.8 Å². The molecule has 1 amide bonds. The molecule has 0 radical (unpaired) electrons. The quantitative estimate of drug-likeness (QED) is 0.767. The van der Waals surface area contributed by atoms with Crippen LogP contribution in [0.5, 0.6) is 0 Å². The van der Waals surface area contributed by atoms with Gasteiger partial charge >= 0.3 is 13.2 Å². The average molecular weight is 400 g/mol. The van der Waals surface area contributed by atoms with Crippen molar-refractivity contribution in [3.05, 3.63) is 28.5 Å². The van der Waals surface area contributed by atoms with Crippen LogP contribution < -0.4 is 10.8 Å². The van der Waals surface area contributed by atoms with Crippen LogP contribution in [0.1, 0.15) is 67.0 Å². The molecule has 1 atom stereocenters. The van der Waals surface area contributed by atoms with E-state index < -0.39 is 41.9 Å². The molecule has 1 heterocycles. The molecular formula is C19H28BClFNO4. The number of hydrogen-bond acceptors (Lipinski definition) is 4. The van der Waals surface area contributed by atoms with Crippen LogP contribution >= 0.6 is 11.6 Å². The summed E-state index contributed by atoms with van der Waals surface area (Å²) in [6, 6.07) is 2.70. The smallest absolute Gasteiger partial charge is 0.444 e. The molecule has 0 aromatic heterocycles. The molecule has 0 spiro atoms. The second kappa shape index (κ2) is 7.26. The summed E-state index contributed by atoms with van der Waals surface area (Å²) in [5.74, 6) is -0.620. The minimum absolute atomic E-state index is 0.0780. The summed E-state index contributed by atoms with van der Waals surface area (Å²) in [5, 5.41) is 2.58. The first-order chi connectivity index (χ1) is 12.1. The summed E-state index contributed by atoms with van der Waals surface area (Å²) in [7, 11) is -0.851. The summed E-state index contributed by atoms with van der Waals surface area (Å²) in [6.45, 7) is 14.6. The van der Waals surface area contributed by atoms with E-state index in [1.165, 1.54) is 0 Å². The predicted molar refractivity (Wildman–Crippen MR) is 105 cm³/mol. The normalized spacial score (nSPS) is 19.7. The lowest BCUT2D eigenvalue weighted by Crippen LogP contribution is -2.41. The zero-order valence-electron chi connectivity index (χ0n) is 17.2. The molecule has 0 aliphatic carbocycles. The predicted octanol–water partition coefficient (Wildman–Crippen LogP) is 4.36. The molecule has 1 aromatic carbocycles. The van der Waals surface area contributed by atoms with E-state index in [1.54, 1.807) is 39.8 Å².